The van der Waals surface area contributed by atoms with Crippen molar-refractivity contribution >= 4 is 39.5 Å². The Bertz CT molecular complexity index is 432. The molecule has 2 nitrogen and oxygen atoms in total. The molecule has 0 amide bonds. The third-order valence-electron chi connectivity index (χ3n) is 2.58. The Morgan fingerprint density at radius 1 is 1.29 bits per heavy atom. The van der Waals surface area contributed by atoms with Gasteiger partial charge in [-0.1, -0.05) is 77.1 Å². The Balaban J connectivity index is 0.000000427. The molecule has 0 spiro atoms. The van der Waals surface area contributed by atoms with Gasteiger partial charge in [0.25, 0.3) is 6.57 Å². The SMILES string of the molecule is CC.CC1(C)CC(c2ccccc2)SS1.CSP(C)(=O)O. The smallest absolute Gasteiger partial charge is 0.251 e. The van der Waals surface area contributed by atoms with E-state index in [1.54, 1.807) is 6.26 Å². The van der Waals surface area contributed by atoms with Gasteiger partial charge in [-0.25, -0.2) is 0 Å². The maximum absolute atomic E-state index is 10.1. The van der Waals surface area contributed by atoms with Crippen molar-refractivity contribution < 1.29 is 9.46 Å². The molecule has 1 saturated heterocycles. The second-order valence-electron chi connectivity index (χ2n) is 5.03. The molecule has 21 heavy (non-hydrogen) atoms. The van der Waals surface area contributed by atoms with Crippen LogP contribution in [0.1, 0.15) is 44.9 Å². The van der Waals surface area contributed by atoms with Crippen molar-refractivity contribution in [1.82, 2.24) is 0 Å². The molecular formula is C15H27O2PS3. The van der Waals surface area contributed by atoms with Gasteiger partial charge in [-0.3, -0.25) is 4.57 Å². The minimum atomic E-state index is -2.73. The Morgan fingerprint density at radius 2 is 1.76 bits per heavy atom. The van der Waals surface area contributed by atoms with Crippen molar-refractivity contribution in [3.63, 3.8) is 0 Å². The van der Waals surface area contributed by atoms with Gasteiger partial charge in [0.1, 0.15) is 0 Å². The van der Waals surface area contributed by atoms with Crippen LogP contribution < -0.4 is 0 Å². The van der Waals surface area contributed by atoms with Crippen LogP contribution in [0.3, 0.4) is 0 Å². The summed E-state index contributed by atoms with van der Waals surface area (Å²) in [6.07, 6.45) is 2.90. The van der Waals surface area contributed by atoms with Crippen LogP contribution in [0.15, 0.2) is 30.3 Å². The molecule has 1 N–H and O–H groups in total. The summed E-state index contributed by atoms with van der Waals surface area (Å²) in [4.78, 5) is 8.34. The van der Waals surface area contributed by atoms with Crippen LogP contribution in [0.5, 0.6) is 0 Å². The first-order chi connectivity index (χ1) is 9.73. The Hall–Kier alpha value is 0.460. The predicted molar refractivity (Wildman–Crippen MR) is 104 cm³/mol. The molecule has 1 fully saturated rings. The lowest BCUT2D eigenvalue weighted by Gasteiger charge is -2.14. The molecule has 1 aromatic rings. The zero-order valence-electron chi connectivity index (χ0n) is 13.7. The molecule has 122 valence electrons. The van der Waals surface area contributed by atoms with Crippen LogP contribution in [0, 0.1) is 0 Å². The molecule has 0 bridgehead atoms. The molecule has 0 aromatic heterocycles. The average molecular weight is 367 g/mol. The lowest BCUT2D eigenvalue weighted by molar-refractivity contribution is 0.503. The van der Waals surface area contributed by atoms with E-state index in [0.717, 1.165) is 11.4 Å². The maximum Gasteiger partial charge on any atom is 0.251 e. The summed E-state index contributed by atoms with van der Waals surface area (Å²) in [5.41, 5.74) is 1.48. The first kappa shape index (κ1) is 21.5. The lowest BCUT2D eigenvalue weighted by Crippen LogP contribution is -2.09. The first-order valence-electron chi connectivity index (χ1n) is 6.99. The Labute approximate surface area is 141 Å². The van der Waals surface area contributed by atoms with E-state index in [1.807, 2.05) is 35.4 Å². The lowest BCUT2D eigenvalue weighted by atomic mass is 10.0. The van der Waals surface area contributed by atoms with Gasteiger partial charge in [0, 0.05) is 16.7 Å². The number of hydrogen-bond acceptors (Lipinski definition) is 4. The average Bonchev–Trinajstić information content (AvgIpc) is 2.82. The largest absolute Gasteiger partial charge is 0.337 e. The molecule has 0 saturated carbocycles. The minimum Gasteiger partial charge on any atom is -0.337 e. The summed E-state index contributed by atoms with van der Waals surface area (Å²) in [5.74, 6) is 0. The fourth-order valence-corrected chi connectivity index (χ4v) is 4.89. The normalized spacial score (nSPS) is 22.1. The van der Waals surface area contributed by atoms with E-state index < -0.39 is 6.57 Å². The van der Waals surface area contributed by atoms with E-state index in [-0.39, 0.29) is 0 Å². The fraction of sp³-hybridized carbons (Fsp3) is 0.600. The van der Waals surface area contributed by atoms with Crippen molar-refractivity contribution in [2.24, 2.45) is 0 Å². The van der Waals surface area contributed by atoms with Gasteiger partial charge in [0.2, 0.25) is 0 Å². The van der Waals surface area contributed by atoms with Gasteiger partial charge in [-0.15, -0.1) is 0 Å². The minimum absolute atomic E-state index is 0.450. The van der Waals surface area contributed by atoms with E-state index >= 15 is 0 Å². The van der Waals surface area contributed by atoms with E-state index in [2.05, 4.69) is 44.2 Å². The summed E-state index contributed by atoms with van der Waals surface area (Å²) in [7, 11) is 4.04. The quantitative estimate of drug-likeness (QED) is 0.479. The Kier molecular flexibility index (Phi) is 10.5. The number of rotatable bonds is 2. The molecule has 2 rings (SSSR count). The van der Waals surface area contributed by atoms with Crippen molar-refractivity contribution in [2.45, 2.75) is 44.1 Å². The van der Waals surface area contributed by atoms with E-state index in [9.17, 15) is 4.57 Å². The highest BCUT2D eigenvalue weighted by atomic mass is 33.1. The molecule has 1 aliphatic heterocycles. The highest BCUT2D eigenvalue weighted by Crippen LogP contribution is 2.57. The molecule has 0 aliphatic carbocycles. The standard InChI is InChI=1S/C11H14S2.C2H7O2PS.C2H6/c1-11(2)8-10(12-13-11)9-6-4-3-5-7-9;1-5(3,4)6-2;1-2/h3-7,10H,8H2,1-2H3;1-2H3,(H,3,4);1-2H3. The molecule has 6 heteroatoms. The maximum atomic E-state index is 10.1. The van der Waals surface area contributed by atoms with Crippen LogP contribution in [0.2, 0.25) is 0 Å². The third-order valence-corrected chi connectivity index (χ3v) is 9.01. The fourth-order valence-electron chi connectivity index (χ4n) is 1.54. The summed E-state index contributed by atoms with van der Waals surface area (Å²) >= 11 is 0.993. The molecule has 1 aromatic carbocycles. The van der Waals surface area contributed by atoms with Crippen molar-refractivity contribution in [2.75, 3.05) is 12.9 Å². The van der Waals surface area contributed by atoms with Crippen molar-refractivity contribution in [1.29, 1.82) is 0 Å². The van der Waals surface area contributed by atoms with Crippen LogP contribution in [0.4, 0.5) is 0 Å². The van der Waals surface area contributed by atoms with Crippen molar-refractivity contribution in [3.05, 3.63) is 35.9 Å². The topological polar surface area (TPSA) is 37.3 Å². The summed E-state index contributed by atoms with van der Waals surface area (Å²) in [5, 5.41) is 0.696. The molecule has 1 aliphatic rings. The molecular weight excluding hydrogens is 339 g/mol. The zero-order chi connectivity index (χ0) is 16.5. The summed E-state index contributed by atoms with van der Waals surface area (Å²) in [6, 6.07) is 10.8. The van der Waals surface area contributed by atoms with Crippen LogP contribution >= 0.6 is 39.5 Å². The van der Waals surface area contributed by atoms with Gasteiger partial charge < -0.3 is 4.89 Å². The number of hydrogen-bond donors (Lipinski definition) is 1. The van der Waals surface area contributed by atoms with E-state index in [1.165, 1.54) is 18.6 Å². The molecule has 0 radical (unpaired) electrons. The van der Waals surface area contributed by atoms with Crippen molar-refractivity contribution in [3.8, 4) is 0 Å². The van der Waals surface area contributed by atoms with Gasteiger partial charge in [0.15, 0.2) is 0 Å². The second-order valence-corrected chi connectivity index (χ2v) is 13.2. The highest BCUT2D eigenvalue weighted by Gasteiger charge is 2.33. The van der Waals surface area contributed by atoms with Crippen LogP contribution in [-0.2, 0) is 4.57 Å². The first-order valence-corrected chi connectivity index (χ1v) is 13.1. The Morgan fingerprint density at radius 3 is 2.10 bits per heavy atom. The van der Waals surface area contributed by atoms with Gasteiger partial charge in [-0.05, 0) is 32.1 Å². The van der Waals surface area contributed by atoms with Crippen LogP contribution in [0.25, 0.3) is 0 Å². The van der Waals surface area contributed by atoms with Gasteiger partial charge in [0.05, 0.1) is 0 Å². The summed E-state index contributed by atoms with van der Waals surface area (Å²) < 4.78 is 10.6. The van der Waals surface area contributed by atoms with E-state index in [0.29, 0.717) is 10.00 Å². The highest BCUT2D eigenvalue weighted by molar-refractivity contribution is 8.77. The van der Waals surface area contributed by atoms with E-state index in [4.69, 9.17) is 4.89 Å². The van der Waals surface area contributed by atoms with Gasteiger partial charge in [-0.2, -0.15) is 0 Å². The monoisotopic (exact) mass is 366 g/mol. The van der Waals surface area contributed by atoms with Crippen LogP contribution in [-0.4, -0.2) is 22.6 Å². The zero-order valence-corrected chi connectivity index (χ0v) is 17.0. The summed E-state index contributed by atoms with van der Waals surface area (Å²) in [6.45, 7) is 7.24. The molecule has 1 heterocycles. The van der Waals surface area contributed by atoms with Gasteiger partial charge >= 0.3 is 0 Å². The number of benzene rings is 1. The molecule has 2 atom stereocenters. The second kappa shape index (κ2) is 10.3. The predicted octanol–water partition coefficient (Wildman–Crippen LogP) is 6.48. The molecule has 2 unspecified atom stereocenters. The third kappa shape index (κ3) is 9.96.